The SMILES string of the molecule is c1ccc2nc(NCCc3ncc[nH]3)nnc2c1. The van der Waals surface area contributed by atoms with Crippen LogP contribution in [0, 0.1) is 0 Å². The smallest absolute Gasteiger partial charge is 0.243 e. The lowest BCUT2D eigenvalue weighted by molar-refractivity contribution is 0.901. The monoisotopic (exact) mass is 240 g/mol. The first-order valence-electron chi connectivity index (χ1n) is 5.73. The number of benzene rings is 1. The number of anilines is 1. The molecule has 3 aromatic rings. The van der Waals surface area contributed by atoms with Gasteiger partial charge in [0.05, 0.1) is 5.52 Å². The molecular formula is C12H12N6. The lowest BCUT2D eigenvalue weighted by atomic mass is 10.3. The predicted octanol–water partition coefficient (Wildman–Crippen LogP) is 1.40. The normalized spacial score (nSPS) is 10.7. The summed E-state index contributed by atoms with van der Waals surface area (Å²) in [6.07, 6.45) is 4.34. The van der Waals surface area contributed by atoms with Crippen LogP contribution in [0.1, 0.15) is 5.82 Å². The Bertz CT molecular complexity index is 634. The summed E-state index contributed by atoms with van der Waals surface area (Å²) in [6, 6.07) is 7.66. The highest BCUT2D eigenvalue weighted by molar-refractivity contribution is 5.73. The van der Waals surface area contributed by atoms with Crippen LogP contribution < -0.4 is 5.32 Å². The van der Waals surface area contributed by atoms with Gasteiger partial charge in [-0.3, -0.25) is 0 Å². The summed E-state index contributed by atoms with van der Waals surface area (Å²) in [5, 5.41) is 11.3. The van der Waals surface area contributed by atoms with Gasteiger partial charge in [-0.15, -0.1) is 10.2 Å². The Morgan fingerprint density at radius 2 is 2.00 bits per heavy atom. The molecule has 2 aromatic heterocycles. The van der Waals surface area contributed by atoms with Crippen molar-refractivity contribution >= 4 is 17.0 Å². The van der Waals surface area contributed by atoms with Crippen molar-refractivity contribution in [2.75, 3.05) is 11.9 Å². The molecule has 90 valence electrons. The molecule has 0 aliphatic rings. The predicted molar refractivity (Wildman–Crippen MR) is 68.1 cm³/mol. The highest BCUT2D eigenvalue weighted by Crippen LogP contribution is 2.08. The number of aromatic amines is 1. The van der Waals surface area contributed by atoms with Crippen LogP contribution in [0.3, 0.4) is 0 Å². The van der Waals surface area contributed by atoms with E-state index in [9.17, 15) is 0 Å². The molecule has 3 rings (SSSR count). The third kappa shape index (κ3) is 2.27. The summed E-state index contributed by atoms with van der Waals surface area (Å²) in [7, 11) is 0. The van der Waals surface area contributed by atoms with Gasteiger partial charge in [-0.05, 0) is 12.1 Å². The number of aromatic nitrogens is 5. The topological polar surface area (TPSA) is 79.4 Å². The molecule has 0 aliphatic carbocycles. The van der Waals surface area contributed by atoms with Crippen molar-refractivity contribution in [3.8, 4) is 0 Å². The van der Waals surface area contributed by atoms with E-state index >= 15 is 0 Å². The molecule has 6 heteroatoms. The number of hydrogen-bond acceptors (Lipinski definition) is 5. The lowest BCUT2D eigenvalue weighted by Gasteiger charge is -2.03. The van der Waals surface area contributed by atoms with E-state index in [1.54, 1.807) is 6.20 Å². The molecule has 0 atom stereocenters. The third-order valence-corrected chi connectivity index (χ3v) is 2.56. The maximum Gasteiger partial charge on any atom is 0.243 e. The van der Waals surface area contributed by atoms with Gasteiger partial charge in [-0.1, -0.05) is 12.1 Å². The van der Waals surface area contributed by atoms with Gasteiger partial charge in [-0.2, -0.15) is 0 Å². The van der Waals surface area contributed by atoms with Crippen LogP contribution in [0.5, 0.6) is 0 Å². The zero-order valence-corrected chi connectivity index (χ0v) is 9.67. The molecule has 1 aromatic carbocycles. The molecule has 6 nitrogen and oxygen atoms in total. The second-order valence-corrected chi connectivity index (χ2v) is 3.84. The van der Waals surface area contributed by atoms with E-state index in [0.717, 1.165) is 23.3 Å². The minimum Gasteiger partial charge on any atom is -0.352 e. The van der Waals surface area contributed by atoms with E-state index in [-0.39, 0.29) is 0 Å². The molecule has 2 N–H and O–H groups in total. The third-order valence-electron chi connectivity index (χ3n) is 2.56. The first-order chi connectivity index (χ1) is 8.92. The summed E-state index contributed by atoms with van der Waals surface area (Å²) in [4.78, 5) is 11.6. The van der Waals surface area contributed by atoms with E-state index in [0.29, 0.717) is 12.5 Å². The highest BCUT2D eigenvalue weighted by Gasteiger charge is 2.00. The minimum absolute atomic E-state index is 0.542. The maximum atomic E-state index is 4.38. The molecule has 0 saturated carbocycles. The van der Waals surface area contributed by atoms with Gasteiger partial charge >= 0.3 is 0 Å². The number of nitrogens with one attached hydrogen (secondary N) is 2. The number of imidazole rings is 1. The van der Waals surface area contributed by atoms with Crippen molar-refractivity contribution in [3.05, 3.63) is 42.5 Å². The van der Waals surface area contributed by atoms with E-state index in [1.807, 2.05) is 30.5 Å². The van der Waals surface area contributed by atoms with Gasteiger partial charge in [0.2, 0.25) is 5.95 Å². The van der Waals surface area contributed by atoms with Gasteiger partial charge in [0.25, 0.3) is 0 Å². The molecule has 0 unspecified atom stereocenters. The number of H-pyrrole nitrogens is 1. The Labute approximate surface area is 104 Å². The molecule has 18 heavy (non-hydrogen) atoms. The van der Waals surface area contributed by atoms with E-state index in [4.69, 9.17) is 0 Å². The van der Waals surface area contributed by atoms with Crippen LogP contribution in [0.25, 0.3) is 11.0 Å². The number of para-hydroxylation sites is 1. The Balaban J connectivity index is 1.67. The van der Waals surface area contributed by atoms with Gasteiger partial charge in [0.15, 0.2) is 0 Å². The fourth-order valence-corrected chi connectivity index (χ4v) is 1.68. The van der Waals surface area contributed by atoms with Crippen molar-refractivity contribution < 1.29 is 0 Å². The zero-order valence-electron chi connectivity index (χ0n) is 9.67. The molecule has 0 bridgehead atoms. The Morgan fingerprint density at radius 1 is 1.11 bits per heavy atom. The molecule has 0 amide bonds. The second kappa shape index (κ2) is 4.79. The van der Waals surface area contributed by atoms with Crippen molar-refractivity contribution in [1.29, 1.82) is 0 Å². The van der Waals surface area contributed by atoms with Crippen molar-refractivity contribution in [2.45, 2.75) is 6.42 Å². The maximum absolute atomic E-state index is 4.38. The van der Waals surface area contributed by atoms with E-state index < -0.39 is 0 Å². The van der Waals surface area contributed by atoms with Crippen molar-refractivity contribution in [3.63, 3.8) is 0 Å². The van der Waals surface area contributed by atoms with Gasteiger partial charge in [0.1, 0.15) is 11.3 Å². The quantitative estimate of drug-likeness (QED) is 0.720. The van der Waals surface area contributed by atoms with Crippen molar-refractivity contribution in [2.24, 2.45) is 0 Å². The minimum atomic E-state index is 0.542. The number of nitrogens with zero attached hydrogens (tertiary/aromatic N) is 4. The number of rotatable bonds is 4. The van der Waals surface area contributed by atoms with Gasteiger partial charge in [0, 0.05) is 25.4 Å². The largest absolute Gasteiger partial charge is 0.352 e. The summed E-state index contributed by atoms with van der Waals surface area (Å²) in [5.74, 6) is 1.48. The molecule has 0 aliphatic heterocycles. The molecule has 2 heterocycles. The molecular weight excluding hydrogens is 228 g/mol. The van der Waals surface area contributed by atoms with Gasteiger partial charge in [-0.25, -0.2) is 9.97 Å². The van der Waals surface area contributed by atoms with Gasteiger partial charge < -0.3 is 10.3 Å². The fraction of sp³-hybridized carbons (Fsp3) is 0.167. The number of fused-ring (bicyclic) bond motifs is 1. The van der Waals surface area contributed by atoms with Crippen LogP contribution in [-0.2, 0) is 6.42 Å². The average Bonchev–Trinajstić information content (AvgIpc) is 2.92. The average molecular weight is 240 g/mol. The van der Waals surface area contributed by atoms with E-state index in [2.05, 4.69) is 30.5 Å². The molecule has 0 saturated heterocycles. The van der Waals surface area contributed by atoms with Crippen LogP contribution in [0.2, 0.25) is 0 Å². The Hall–Kier alpha value is -2.50. The molecule has 0 radical (unpaired) electrons. The molecule has 0 fully saturated rings. The van der Waals surface area contributed by atoms with Crippen LogP contribution in [0.4, 0.5) is 5.95 Å². The number of hydrogen-bond donors (Lipinski definition) is 2. The Morgan fingerprint density at radius 3 is 2.83 bits per heavy atom. The van der Waals surface area contributed by atoms with Crippen LogP contribution >= 0.6 is 0 Å². The highest BCUT2D eigenvalue weighted by atomic mass is 15.2. The van der Waals surface area contributed by atoms with E-state index in [1.165, 1.54) is 0 Å². The summed E-state index contributed by atoms with van der Waals surface area (Å²) in [6.45, 7) is 0.716. The van der Waals surface area contributed by atoms with Crippen molar-refractivity contribution in [1.82, 2.24) is 25.1 Å². The second-order valence-electron chi connectivity index (χ2n) is 3.84. The summed E-state index contributed by atoms with van der Waals surface area (Å²) >= 11 is 0. The zero-order chi connectivity index (χ0) is 12.2. The summed E-state index contributed by atoms with van der Waals surface area (Å²) < 4.78 is 0. The standard InChI is InChI=1S/C12H12N6/c1-2-4-10-9(3-1)16-12(18-17-10)15-6-5-11-13-7-8-14-11/h1-4,7-8H,5-6H2,(H,13,14)(H,15,16,18). The lowest BCUT2D eigenvalue weighted by Crippen LogP contribution is -2.09. The Kier molecular flexibility index (Phi) is 2.83. The first kappa shape index (κ1) is 10.6. The first-order valence-corrected chi connectivity index (χ1v) is 5.73. The van der Waals surface area contributed by atoms with Crippen LogP contribution in [0.15, 0.2) is 36.7 Å². The molecule has 0 spiro atoms. The van der Waals surface area contributed by atoms with Crippen LogP contribution in [-0.4, -0.2) is 31.7 Å². The fourth-order valence-electron chi connectivity index (χ4n) is 1.68. The summed E-state index contributed by atoms with van der Waals surface area (Å²) in [5.41, 5.74) is 1.64.